The molecule has 0 saturated carbocycles. The molecule has 1 aromatic heterocycles. The average Bonchev–Trinajstić information content (AvgIpc) is 2.96. The van der Waals surface area contributed by atoms with E-state index in [1.54, 1.807) is 11.8 Å². The molecule has 0 aliphatic rings. The number of methoxy groups -OCH3 is 1. The Kier molecular flexibility index (Phi) is 5.10. The molecular weight excluding hydrogens is 270 g/mol. The zero-order valence-electron chi connectivity index (χ0n) is 12.6. The highest BCUT2D eigenvalue weighted by atomic mass is 16.5. The van der Waals surface area contributed by atoms with Gasteiger partial charge in [0.05, 0.1) is 18.3 Å². The van der Waals surface area contributed by atoms with Crippen molar-refractivity contribution in [1.82, 2.24) is 20.2 Å². The highest BCUT2D eigenvalue weighted by molar-refractivity contribution is 5.66. The number of anilines is 1. The Morgan fingerprint density at radius 3 is 2.86 bits per heavy atom. The van der Waals surface area contributed by atoms with Gasteiger partial charge in [0, 0.05) is 19.3 Å². The first-order valence-electron chi connectivity index (χ1n) is 6.96. The summed E-state index contributed by atoms with van der Waals surface area (Å²) in [5.74, 6) is 1.36. The molecule has 7 heteroatoms. The van der Waals surface area contributed by atoms with Gasteiger partial charge in [-0.05, 0) is 48.9 Å². The minimum absolute atomic E-state index is 0.141. The van der Waals surface area contributed by atoms with Crippen molar-refractivity contribution in [3.63, 3.8) is 0 Å². The van der Waals surface area contributed by atoms with Crippen molar-refractivity contribution in [2.24, 2.45) is 0 Å². The summed E-state index contributed by atoms with van der Waals surface area (Å²) in [6.45, 7) is 5.21. The molecule has 0 saturated heterocycles. The summed E-state index contributed by atoms with van der Waals surface area (Å²) < 4.78 is 12.3. The molecule has 1 unspecified atom stereocenters. The number of ether oxygens (including phenoxy) is 2. The van der Waals surface area contributed by atoms with Gasteiger partial charge in [0.1, 0.15) is 5.75 Å². The standard InChI is InChI=1S/C14H21N5O2/c1-4-21-13-6-5-11(9-12(13)15)14-16-17-18-19(14)10(2)7-8-20-3/h5-6,9-10H,4,7-8,15H2,1-3H3. The fraction of sp³-hybridized carbons (Fsp3) is 0.500. The number of nitrogens with two attached hydrogens (primary N) is 1. The van der Waals surface area contributed by atoms with Crippen molar-refractivity contribution in [3.8, 4) is 17.1 Å². The number of rotatable bonds is 7. The lowest BCUT2D eigenvalue weighted by molar-refractivity contribution is 0.178. The smallest absolute Gasteiger partial charge is 0.182 e. The molecule has 0 spiro atoms. The largest absolute Gasteiger partial charge is 0.492 e. The van der Waals surface area contributed by atoms with Gasteiger partial charge < -0.3 is 15.2 Å². The second-order valence-electron chi connectivity index (χ2n) is 4.76. The summed E-state index contributed by atoms with van der Waals surface area (Å²) in [4.78, 5) is 0. The molecule has 0 aliphatic heterocycles. The minimum atomic E-state index is 0.141. The molecular formula is C14H21N5O2. The number of hydrogen-bond donors (Lipinski definition) is 1. The van der Waals surface area contributed by atoms with Crippen LogP contribution in [-0.4, -0.2) is 40.5 Å². The Hall–Kier alpha value is -2.15. The lowest BCUT2D eigenvalue weighted by Crippen LogP contribution is -2.11. The number of aromatic nitrogens is 4. The Bertz CT molecular complexity index is 584. The predicted molar refractivity (Wildman–Crippen MR) is 80.0 cm³/mol. The summed E-state index contributed by atoms with van der Waals surface area (Å²) in [7, 11) is 1.68. The average molecular weight is 291 g/mol. The van der Waals surface area contributed by atoms with E-state index in [1.165, 1.54) is 0 Å². The van der Waals surface area contributed by atoms with Crippen LogP contribution in [0.4, 0.5) is 5.69 Å². The first kappa shape index (κ1) is 15.2. The maximum absolute atomic E-state index is 6.00. The summed E-state index contributed by atoms with van der Waals surface area (Å²) in [6.07, 6.45) is 0.834. The van der Waals surface area contributed by atoms with E-state index in [4.69, 9.17) is 15.2 Å². The van der Waals surface area contributed by atoms with Crippen molar-refractivity contribution in [2.75, 3.05) is 26.1 Å². The summed E-state index contributed by atoms with van der Waals surface area (Å²) in [5.41, 5.74) is 7.44. The number of nitrogen functional groups attached to an aromatic ring is 1. The van der Waals surface area contributed by atoms with Crippen LogP contribution < -0.4 is 10.5 Å². The molecule has 2 rings (SSSR count). The second kappa shape index (κ2) is 7.03. The molecule has 1 aromatic carbocycles. The van der Waals surface area contributed by atoms with E-state index in [0.717, 1.165) is 12.0 Å². The van der Waals surface area contributed by atoms with Crippen LogP contribution in [0.2, 0.25) is 0 Å². The van der Waals surface area contributed by atoms with Gasteiger partial charge in [0.2, 0.25) is 0 Å². The fourth-order valence-corrected chi connectivity index (χ4v) is 2.07. The summed E-state index contributed by atoms with van der Waals surface area (Å²) in [6, 6.07) is 5.72. The van der Waals surface area contributed by atoms with Crippen LogP contribution in [0.15, 0.2) is 18.2 Å². The quantitative estimate of drug-likeness (QED) is 0.784. The first-order chi connectivity index (χ1) is 10.2. The molecule has 0 radical (unpaired) electrons. The van der Waals surface area contributed by atoms with Crippen molar-refractivity contribution in [3.05, 3.63) is 18.2 Å². The summed E-state index contributed by atoms with van der Waals surface area (Å²) in [5, 5.41) is 11.9. The number of tetrazole rings is 1. The molecule has 0 amide bonds. The fourth-order valence-electron chi connectivity index (χ4n) is 2.07. The van der Waals surface area contributed by atoms with Gasteiger partial charge in [-0.3, -0.25) is 0 Å². The Labute approximate surface area is 124 Å². The second-order valence-corrected chi connectivity index (χ2v) is 4.76. The Morgan fingerprint density at radius 1 is 1.38 bits per heavy atom. The minimum Gasteiger partial charge on any atom is -0.492 e. The number of nitrogens with zero attached hydrogens (tertiary/aromatic N) is 4. The van der Waals surface area contributed by atoms with E-state index in [2.05, 4.69) is 22.4 Å². The van der Waals surface area contributed by atoms with E-state index >= 15 is 0 Å². The van der Waals surface area contributed by atoms with Crippen molar-refractivity contribution in [1.29, 1.82) is 0 Å². The van der Waals surface area contributed by atoms with Crippen LogP contribution in [0.3, 0.4) is 0 Å². The maximum Gasteiger partial charge on any atom is 0.182 e. The van der Waals surface area contributed by atoms with Crippen LogP contribution in [0.25, 0.3) is 11.4 Å². The first-order valence-corrected chi connectivity index (χ1v) is 6.96. The molecule has 1 atom stereocenters. The molecule has 1 heterocycles. The number of hydrogen-bond acceptors (Lipinski definition) is 6. The van der Waals surface area contributed by atoms with Crippen LogP contribution in [-0.2, 0) is 4.74 Å². The highest BCUT2D eigenvalue weighted by Gasteiger charge is 2.15. The molecule has 0 aliphatic carbocycles. The van der Waals surface area contributed by atoms with E-state index in [0.29, 0.717) is 30.5 Å². The SMILES string of the molecule is CCOc1ccc(-c2nnnn2C(C)CCOC)cc1N. The van der Waals surface area contributed by atoms with E-state index < -0.39 is 0 Å². The van der Waals surface area contributed by atoms with Gasteiger partial charge in [-0.25, -0.2) is 4.68 Å². The maximum atomic E-state index is 6.00. The summed E-state index contributed by atoms with van der Waals surface area (Å²) >= 11 is 0. The van der Waals surface area contributed by atoms with Gasteiger partial charge in [-0.2, -0.15) is 0 Å². The van der Waals surface area contributed by atoms with E-state index in [1.807, 2.05) is 25.1 Å². The normalized spacial score (nSPS) is 12.3. The van der Waals surface area contributed by atoms with Gasteiger partial charge in [0.25, 0.3) is 0 Å². The van der Waals surface area contributed by atoms with Gasteiger partial charge in [-0.15, -0.1) is 5.10 Å². The van der Waals surface area contributed by atoms with Crippen LogP contribution in [0, 0.1) is 0 Å². The highest BCUT2D eigenvalue weighted by Crippen LogP contribution is 2.28. The monoisotopic (exact) mass is 291 g/mol. The molecule has 0 fully saturated rings. The molecule has 2 N–H and O–H groups in total. The van der Waals surface area contributed by atoms with E-state index in [-0.39, 0.29) is 6.04 Å². The van der Waals surface area contributed by atoms with Gasteiger partial charge in [-0.1, -0.05) is 0 Å². The molecule has 2 aromatic rings. The van der Waals surface area contributed by atoms with Gasteiger partial charge in [0.15, 0.2) is 5.82 Å². The van der Waals surface area contributed by atoms with Crippen molar-refractivity contribution < 1.29 is 9.47 Å². The molecule has 0 bridgehead atoms. The Balaban J connectivity index is 2.26. The number of benzene rings is 1. The van der Waals surface area contributed by atoms with Crippen molar-refractivity contribution >= 4 is 5.69 Å². The third-order valence-corrected chi connectivity index (χ3v) is 3.22. The van der Waals surface area contributed by atoms with Crippen LogP contribution in [0.1, 0.15) is 26.3 Å². The topological polar surface area (TPSA) is 88.1 Å². The van der Waals surface area contributed by atoms with Gasteiger partial charge >= 0.3 is 0 Å². The molecule has 114 valence electrons. The molecule has 21 heavy (non-hydrogen) atoms. The zero-order chi connectivity index (χ0) is 15.2. The zero-order valence-corrected chi connectivity index (χ0v) is 12.6. The molecule has 7 nitrogen and oxygen atoms in total. The van der Waals surface area contributed by atoms with Crippen molar-refractivity contribution in [2.45, 2.75) is 26.3 Å². The van der Waals surface area contributed by atoms with Crippen LogP contribution in [0.5, 0.6) is 5.75 Å². The lowest BCUT2D eigenvalue weighted by Gasteiger charge is -2.13. The van der Waals surface area contributed by atoms with Crippen LogP contribution >= 0.6 is 0 Å². The van der Waals surface area contributed by atoms with E-state index in [9.17, 15) is 0 Å². The third-order valence-electron chi connectivity index (χ3n) is 3.22. The third kappa shape index (κ3) is 3.49. The lowest BCUT2D eigenvalue weighted by atomic mass is 10.1. The predicted octanol–water partition coefficient (Wildman–Crippen LogP) is 1.92. The Morgan fingerprint density at radius 2 is 2.19 bits per heavy atom.